The summed E-state index contributed by atoms with van der Waals surface area (Å²) in [5.41, 5.74) is -0.118. The summed E-state index contributed by atoms with van der Waals surface area (Å²) in [6.07, 6.45) is 0. The van der Waals surface area contributed by atoms with Gasteiger partial charge in [-0.3, -0.25) is 9.59 Å². The van der Waals surface area contributed by atoms with Gasteiger partial charge in [0.05, 0.1) is 18.2 Å². The molecular formula is C16H12FNO5S. The van der Waals surface area contributed by atoms with Gasteiger partial charge in [-0.25, -0.2) is 17.1 Å². The normalized spacial score (nSPS) is 15.2. The van der Waals surface area contributed by atoms with Gasteiger partial charge in [0.1, 0.15) is 23.0 Å². The van der Waals surface area contributed by atoms with E-state index in [-0.39, 0.29) is 21.8 Å². The van der Waals surface area contributed by atoms with Crippen molar-refractivity contribution in [3.05, 3.63) is 59.4 Å². The van der Waals surface area contributed by atoms with Gasteiger partial charge < -0.3 is 4.74 Å². The lowest BCUT2D eigenvalue weighted by atomic mass is 10.1. The maximum atomic E-state index is 13.4. The van der Waals surface area contributed by atoms with Gasteiger partial charge in [-0.2, -0.15) is 0 Å². The zero-order chi connectivity index (χ0) is 17.5. The standard InChI is InChI=1S/C16H12FNO5S/c1-23-14-7-6-10(17)8-12(14)13(19)9-18-16(20)11-4-2-3-5-15(11)24(18,21)22/h2-8H,9H2,1H3. The number of ether oxygens (including phenoxy) is 1. The van der Waals surface area contributed by atoms with E-state index in [1.165, 1.54) is 37.4 Å². The largest absolute Gasteiger partial charge is 0.496 e. The quantitative estimate of drug-likeness (QED) is 0.787. The minimum atomic E-state index is -4.10. The number of benzene rings is 2. The van der Waals surface area contributed by atoms with Crippen molar-refractivity contribution < 1.29 is 27.1 Å². The zero-order valence-electron chi connectivity index (χ0n) is 12.5. The lowest BCUT2D eigenvalue weighted by molar-refractivity contribution is 0.0819. The summed E-state index contributed by atoms with van der Waals surface area (Å²) in [5.74, 6) is -2.09. The summed E-state index contributed by atoms with van der Waals surface area (Å²) >= 11 is 0. The van der Waals surface area contributed by atoms with Gasteiger partial charge in [0.25, 0.3) is 15.9 Å². The molecule has 0 radical (unpaired) electrons. The first-order valence-electron chi connectivity index (χ1n) is 6.89. The third kappa shape index (κ3) is 2.44. The average Bonchev–Trinajstić information content (AvgIpc) is 2.76. The fraction of sp³-hybridized carbons (Fsp3) is 0.125. The average molecular weight is 349 g/mol. The number of hydrogen-bond acceptors (Lipinski definition) is 5. The minimum absolute atomic E-state index is 0.0107. The summed E-state index contributed by atoms with van der Waals surface area (Å²) in [4.78, 5) is 24.6. The Morgan fingerprint density at radius 3 is 2.58 bits per heavy atom. The molecule has 0 aromatic heterocycles. The van der Waals surface area contributed by atoms with Crippen LogP contribution in [0, 0.1) is 5.82 Å². The van der Waals surface area contributed by atoms with Crippen molar-refractivity contribution in [2.45, 2.75) is 4.90 Å². The molecule has 0 saturated carbocycles. The van der Waals surface area contributed by atoms with Crippen molar-refractivity contribution in [1.82, 2.24) is 4.31 Å². The molecule has 1 heterocycles. The number of methoxy groups -OCH3 is 1. The summed E-state index contributed by atoms with van der Waals surface area (Å²) in [6.45, 7) is -0.727. The van der Waals surface area contributed by atoms with E-state index in [1.54, 1.807) is 0 Å². The van der Waals surface area contributed by atoms with E-state index in [4.69, 9.17) is 4.74 Å². The van der Waals surface area contributed by atoms with Crippen molar-refractivity contribution in [1.29, 1.82) is 0 Å². The number of carbonyl (C=O) groups is 2. The Morgan fingerprint density at radius 1 is 1.21 bits per heavy atom. The van der Waals surface area contributed by atoms with E-state index < -0.39 is 34.1 Å². The number of carbonyl (C=O) groups excluding carboxylic acids is 2. The molecule has 6 nitrogen and oxygen atoms in total. The van der Waals surface area contributed by atoms with Gasteiger partial charge in [-0.05, 0) is 30.3 Å². The Hall–Kier alpha value is -2.74. The monoisotopic (exact) mass is 349 g/mol. The summed E-state index contributed by atoms with van der Waals surface area (Å²) in [7, 11) is -2.80. The summed E-state index contributed by atoms with van der Waals surface area (Å²) in [5, 5.41) is 0. The Kier molecular flexibility index (Phi) is 3.84. The van der Waals surface area contributed by atoms with Crippen LogP contribution in [0.2, 0.25) is 0 Å². The molecule has 1 amide bonds. The summed E-state index contributed by atoms with van der Waals surface area (Å²) in [6, 6.07) is 9.03. The molecule has 0 N–H and O–H groups in total. The molecule has 3 rings (SSSR count). The SMILES string of the molecule is COc1ccc(F)cc1C(=O)CN1C(=O)c2ccccc2S1(=O)=O. The van der Waals surface area contributed by atoms with Crippen LogP contribution in [0.5, 0.6) is 5.75 Å². The second kappa shape index (κ2) is 5.72. The van der Waals surface area contributed by atoms with Crippen LogP contribution in [0.25, 0.3) is 0 Å². The first-order chi connectivity index (χ1) is 11.4. The molecule has 1 aliphatic rings. The molecule has 2 aromatic rings. The van der Waals surface area contributed by atoms with Crippen molar-refractivity contribution in [2.24, 2.45) is 0 Å². The van der Waals surface area contributed by atoms with Crippen LogP contribution < -0.4 is 4.74 Å². The van der Waals surface area contributed by atoms with Gasteiger partial charge in [-0.1, -0.05) is 12.1 Å². The van der Waals surface area contributed by atoms with Crippen LogP contribution in [0.4, 0.5) is 4.39 Å². The molecule has 0 fully saturated rings. The van der Waals surface area contributed by atoms with Gasteiger partial charge >= 0.3 is 0 Å². The van der Waals surface area contributed by atoms with Crippen LogP contribution >= 0.6 is 0 Å². The van der Waals surface area contributed by atoms with Crippen molar-refractivity contribution >= 4 is 21.7 Å². The molecule has 0 atom stereocenters. The third-order valence-corrected chi connectivity index (χ3v) is 5.45. The topological polar surface area (TPSA) is 80.8 Å². The lowest BCUT2D eigenvalue weighted by Crippen LogP contribution is -2.35. The Bertz CT molecular complexity index is 955. The number of halogens is 1. The summed E-state index contributed by atoms with van der Waals surface area (Å²) < 4.78 is 43.7. The molecular weight excluding hydrogens is 337 g/mol. The van der Waals surface area contributed by atoms with Crippen LogP contribution in [-0.4, -0.2) is 38.1 Å². The smallest absolute Gasteiger partial charge is 0.269 e. The zero-order valence-corrected chi connectivity index (χ0v) is 13.3. The maximum absolute atomic E-state index is 13.4. The first-order valence-corrected chi connectivity index (χ1v) is 8.33. The molecule has 0 aliphatic carbocycles. The number of ketones is 1. The molecule has 0 spiro atoms. The highest BCUT2D eigenvalue weighted by Crippen LogP contribution is 2.30. The molecule has 0 unspecified atom stereocenters. The number of amides is 1. The van der Waals surface area contributed by atoms with E-state index in [0.717, 1.165) is 12.1 Å². The van der Waals surface area contributed by atoms with E-state index >= 15 is 0 Å². The van der Waals surface area contributed by atoms with Crippen LogP contribution in [-0.2, 0) is 10.0 Å². The van der Waals surface area contributed by atoms with E-state index in [0.29, 0.717) is 4.31 Å². The second-order valence-corrected chi connectivity index (χ2v) is 6.91. The molecule has 24 heavy (non-hydrogen) atoms. The predicted molar refractivity (Wildman–Crippen MR) is 81.9 cm³/mol. The third-order valence-electron chi connectivity index (χ3n) is 3.66. The van der Waals surface area contributed by atoms with Crippen molar-refractivity contribution in [2.75, 3.05) is 13.7 Å². The molecule has 0 bridgehead atoms. The van der Waals surface area contributed by atoms with E-state index in [2.05, 4.69) is 0 Å². The molecule has 1 aliphatic heterocycles. The highest BCUT2D eigenvalue weighted by Gasteiger charge is 2.42. The molecule has 2 aromatic carbocycles. The number of fused-ring (bicyclic) bond motifs is 1. The van der Waals surface area contributed by atoms with Gasteiger partial charge in [0.15, 0.2) is 5.78 Å². The van der Waals surface area contributed by atoms with E-state index in [9.17, 15) is 22.4 Å². The van der Waals surface area contributed by atoms with Gasteiger partial charge in [-0.15, -0.1) is 0 Å². The van der Waals surface area contributed by atoms with Gasteiger partial charge in [0, 0.05) is 0 Å². The second-order valence-electron chi connectivity index (χ2n) is 5.08. The Morgan fingerprint density at radius 2 is 1.92 bits per heavy atom. The fourth-order valence-electron chi connectivity index (χ4n) is 2.50. The van der Waals surface area contributed by atoms with E-state index in [1.807, 2.05) is 0 Å². The molecule has 8 heteroatoms. The first kappa shape index (κ1) is 16.1. The van der Waals surface area contributed by atoms with Crippen LogP contribution in [0.1, 0.15) is 20.7 Å². The Labute approximate surface area is 137 Å². The van der Waals surface area contributed by atoms with Crippen molar-refractivity contribution in [3.8, 4) is 5.75 Å². The number of Topliss-reactive ketones (excluding diaryl/α,β-unsaturated/α-hetero) is 1. The highest BCUT2D eigenvalue weighted by molar-refractivity contribution is 7.90. The molecule has 0 saturated heterocycles. The van der Waals surface area contributed by atoms with Crippen molar-refractivity contribution in [3.63, 3.8) is 0 Å². The Balaban J connectivity index is 1.97. The highest BCUT2D eigenvalue weighted by atomic mass is 32.2. The predicted octanol–water partition coefficient (Wildman–Crippen LogP) is 1.86. The van der Waals surface area contributed by atoms with Crippen LogP contribution in [0.3, 0.4) is 0 Å². The number of nitrogens with zero attached hydrogens (tertiary/aromatic N) is 1. The minimum Gasteiger partial charge on any atom is -0.496 e. The van der Waals surface area contributed by atoms with Gasteiger partial charge in [0.2, 0.25) is 0 Å². The molecule has 124 valence electrons. The van der Waals surface area contributed by atoms with Crippen LogP contribution in [0.15, 0.2) is 47.4 Å². The fourth-order valence-corrected chi connectivity index (χ4v) is 4.03. The maximum Gasteiger partial charge on any atom is 0.269 e. The number of sulfonamides is 1. The lowest BCUT2D eigenvalue weighted by Gasteiger charge is -2.15. The number of rotatable bonds is 4. The number of hydrogen-bond donors (Lipinski definition) is 0.